The van der Waals surface area contributed by atoms with Crippen LogP contribution in [0.5, 0.6) is 0 Å². The van der Waals surface area contributed by atoms with Gasteiger partial charge in [-0.2, -0.15) is 0 Å². The van der Waals surface area contributed by atoms with Crippen LogP contribution < -0.4 is 0 Å². The molecule has 4 saturated heterocycles. The summed E-state index contributed by atoms with van der Waals surface area (Å²) in [6.07, 6.45) is -35.3. The van der Waals surface area contributed by atoms with Gasteiger partial charge in [0.1, 0.15) is 85.5 Å². The normalized spacial score (nSPS) is 49.5. The summed E-state index contributed by atoms with van der Waals surface area (Å²) >= 11 is 0. The number of carbonyl (C=O) groups is 1. The van der Waals surface area contributed by atoms with Gasteiger partial charge >= 0.3 is 5.97 Å². The first-order chi connectivity index (χ1) is 22.2. The molecule has 0 aromatic heterocycles. The van der Waals surface area contributed by atoms with E-state index in [1.165, 1.54) is 0 Å². The summed E-state index contributed by atoms with van der Waals surface area (Å²) in [5, 5.41) is 130. The van der Waals surface area contributed by atoms with E-state index in [2.05, 4.69) is 0 Å². The van der Waals surface area contributed by atoms with Gasteiger partial charge in [-0.1, -0.05) is 0 Å². The van der Waals surface area contributed by atoms with Crippen LogP contribution in [0.3, 0.4) is 0 Å². The largest absolute Gasteiger partial charge is 0.479 e. The Balaban J connectivity index is 1.31. The van der Waals surface area contributed by atoms with Gasteiger partial charge in [0, 0.05) is 0 Å². The van der Waals surface area contributed by atoms with Crippen LogP contribution in [0.15, 0.2) is 0 Å². The summed E-state index contributed by atoms with van der Waals surface area (Å²) in [5.41, 5.74) is 0. The fourth-order valence-corrected chi connectivity index (χ4v) is 4.86. The van der Waals surface area contributed by atoms with E-state index in [9.17, 15) is 66.1 Å². The second-order valence-electron chi connectivity index (χ2n) is 10.9. The monoisotopic (exact) mass is 698 g/mol. The number of rotatable bonds is 12. The van der Waals surface area contributed by atoms with Crippen LogP contribution in [0, 0.1) is 0 Å². The molecular weight excluding hydrogens is 660 g/mol. The molecule has 47 heavy (non-hydrogen) atoms. The van der Waals surface area contributed by atoms with Crippen LogP contribution in [-0.2, 0) is 53.1 Å². The van der Waals surface area contributed by atoms with E-state index in [0.29, 0.717) is 0 Å². The Bertz CT molecular complexity index is 989. The molecule has 0 amide bonds. The van der Waals surface area contributed by atoms with Gasteiger partial charge in [-0.3, -0.25) is 0 Å². The Kier molecular flexibility index (Phi) is 13.5. The van der Waals surface area contributed by atoms with E-state index in [4.69, 9.17) is 53.4 Å². The molecule has 0 saturated carbocycles. The summed E-state index contributed by atoms with van der Waals surface area (Å²) in [6, 6.07) is 0. The second-order valence-corrected chi connectivity index (χ2v) is 10.9. The minimum Gasteiger partial charge on any atom is -0.479 e. The highest BCUT2D eigenvalue weighted by Crippen LogP contribution is 2.30. The molecule has 4 aliphatic heterocycles. The van der Waals surface area contributed by atoms with Crippen molar-refractivity contribution in [3.63, 3.8) is 0 Å². The number of carboxylic acid groups (broad SMARTS) is 1. The van der Waals surface area contributed by atoms with Crippen molar-refractivity contribution in [2.24, 2.45) is 0 Å². The fourth-order valence-electron chi connectivity index (χ4n) is 4.86. The van der Waals surface area contributed by atoms with E-state index in [1.54, 1.807) is 0 Å². The molecule has 0 aromatic carbocycles. The quantitative estimate of drug-likeness (QED) is 0.0664. The highest BCUT2D eigenvalue weighted by Gasteiger charge is 2.53. The van der Waals surface area contributed by atoms with Crippen LogP contribution in [0.2, 0.25) is 0 Å². The number of carboxylic acids is 1. The summed E-state index contributed by atoms with van der Waals surface area (Å²) in [7, 11) is 0. The maximum atomic E-state index is 11.3. The highest BCUT2D eigenvalue weighted by atomic mass is 17.2. The van der Waals surface area contributed by atoms with Crippen molar-refractivity contribution >= 4 is 5.97 Å². The van der Waals surface area contributed by atoms with Gasteiger partial charge in [0.2, 0.25) is 18.9 Å². The van der Waals surface area contributed by atoms with Crippen LogP contribution in [0.25, 0.3) is 0 Å². The second kappa shape index (κ2) is 16.5. The van der Waals surface area contributed by atoms with Gasteiger partial charge in [-0.15, -0.1) is 0 Å². The van der Waals surface area contributed by atoms with E-state index in [-0.39, 0.29) is 0 Å². The molecule has 4 fully saturated rings. The van der Waals surface area contributed by atoms with Gasteiger partial charge in [0.05, 0.1) is 19.8 Å². The van der Waals surface area contributed by atoms with Crippen molar-refractivity contribution in [1.29, 1.82) is 0 Å². The molecule has 0 aliphatic carbocycles. The Labute approximate surface area is 262 Å². The lowest BCUT2D eigenvalue weighted by Gasteiger charge is -2.43. The van der Waals surface area contributed by atoms with E-state index in [1.807, 2.05) is 0 Å². The summed E-state index contributed by atoms with van der Waals surface area (Å²) < 4.78 is 20.3. The zero-order valence-electron chi connectivity index (χ0n) is 23.9. The van der Waals surface area contributed by atoms with Crippen molar-refractivity contribution in [2.45, 2.75) is 117 Å². The third kappa shape index (κ3) is 8.32. The van der Waals surface area contributed by atoms with E-state index in [0.717, 1.165) is 0 Å². The van der Waals surface area contributed by atoms with Crippen molar-refractivity contribution < 1.29 is 119 Å². The van der Waals surface area contributed by atoms with Crippen molar-refractivity contribution in [1.82, 2.24) is 0 Å². The third-order valence-corrected chi connectivity index (χ3v) is 7.71. The predicted octanol–water partition coefficient (Wildman–Crippen LogP) is -9.22. The Hall–Kier alpha value is -1.41. The minimum atomic E-state index is -2.08. The maximum absolute atomic E-state index is 11.3. The Morgan fingerprint density at radius 3 is 1.45 bits per heavy atom. The molecule has 4 heterocycles. The molecule has 24 heteroatoms. The van der Waals surface area contributed by atoms with Gasteiger partial charge in [0.25, 0.3) is 0 Å². The average Bonchev–Trinajstić information content (AvgIpc) is 3.05. The lowest BCUT2D eigenvalue weighted by atomic mass is 9.99. The highest BCUT2D eigenvalue weighted by molar-refractivity contribution is 5.73. The van der Waals surface area contributed by atoms with E-state index >= 15 is 0 Å². The minimum absolute atomic E-state index is 0.453. The molecule has 0 aromatic rings. The smallest absolute Gasteiger partial charge is 0.335 e. The van der Waals surface area contributed by atoms with Crippen molar-refractivity contribution in [3.8, 4) is 0 Å². The third-order valence-electron chi connectivity index (χ3n) is 7.71. The van der Waals surface area contributed by atoms with E-state index < -0.39 is 143 Å². The number of hydrogen-bond acceptors (Lipinski definition) is 23. The van der Waals surface area contributed by atoms with Crippen molar-refractivity contribution in [2.75, 3.05) is 19.8 Å². The Morgan fingerprint density at radius 2 is 0.979 bits per heavy atom. The first-order valence-corrected chi connectivity index (χ1v) is 14.0. The van der Waals surface area contributed by atoms with Crippen LogP contribution in [-0.4, -0.2) is 209 Å². The number of aliphatic hydroxyl groups excluding tert-OH is 12. The fraction of sp³-hybridized carbons (Fsp3) is 0.957. The molecule has 0 bridgehead atoms. The maximum Gasteiger partial charge on any atom is 0.335 e. The number of hydrogen-bond donors (Lipinski definition) is 13. The number of aliphatic carboxylic acids is 1. The molecule has 4 aliphatic rings. The number of ether oxygens (including phenoxy) is 4. The van der Waals surface area contributed by atoms with Crippen LogP contribution >= 0.6 is 0 Å². The first kappa shape index (κ1) is 38.4. The SMILES string of the molecule is O=C(O)[C@H]1O[C@@H](OO[C@@H]2[C@H](O)[C@@H](O)C(OO[C@@H]3[C@H](O)[C@@H](O)C(OO[C@@H]4COC(O)[C@H](O)[C@H]4O)O[C@@H]3CO)O[C@@H]2CO)[C@H](O)[C@@H](O)[C@@H]1O. The summed E-state index contributed by atoms with van der Waals surface area (Å²) in [4.78, 5) is 40.8. The average molecular weight is 699 g/mol. The van der Waals surface area contributed by atoms with Gasteiger partial charge in [0.15, 0.2) is 12.4 Å². The zero-order chi connectivity index (χ0) is 34.7. The molecule has 4 rings (SSSR count). The Morgan fingerprint density at radius 1 is 0.532 bits per heavy atom. The molecule has 24 nitrogen and oxygen atoms in total. The lowest BCUT2D eigenvalue weighted by Crippen LogP contribution is -2.63. The van der Waals surface area contributed by atoms with Gasteiger partial charge in [-0.05, 0) is 0 Å². The standard InChI is InChI=1S/C23H38O24/c24-1-4-16(10(29)14(33)21(39-4)45-42-6-3-38-20(37)12(31)7(6)26)43-46-22-15(34)11(30)17(5(2-25)40-22)44-47-23-13(32)8(27)9(28)18(41-23)19(35)36/h4-18,20-34,37H,1-3H2,(H,35,36)/t4-,5-,6-,7+,8+,9+,10-,11-,12-,13-,14-,15-,16+,17+,18+,20?,21?,22?,23+/m1/s1. The van der Waals surface area contributed by atoms with Crippen molar-refractivity contribution in [3.05, 3.63) is 0 Å². The predicted molar refractivity (Wildman–Crippen MR) is 132 cm³/mol. The lowest BCUT2D eigenvalue weighted by molar-refractivity contribution is -0.499. The molecule has 19 atom stereocenters. The topological polar surface area (TPSA) is 372 Å². The summed E-state index contributed by atoms with van der Waals surface area (Å²) in [5.74, 6) is -1.72. The molecule has 13 N–H and O–H groups in total. The number of aliphatic hydroxyl groups is 12. The molecule has 274 valence electrons. The van der Waals surface area contributed by atoms with Crippen LogP contribution in [0.1, 0.15) is 0 Å². The molecule has 0 spiro atoms. The van der Waals surface area contributed by atoms with Gasteiger partial charge < -0.3 is 85.3 Å². The molecule has 3 unspecified atom stereocenters. The van der Waals surface area contributed by atoms with Crippen LogP contribution in [0.4, 0.5) is 0 Å². The summed E-state index contributed by atoms with van der Waals surface area (Å²) in [6.45, 7) is -2.30. The molecular formula is C23H38O24. The molecule has 0 radical (unpaired) electrons. The zero-order valence-corrected chi connectivity index (χ0v) is 23.9. The van der Waals surface area contributed by atoms with Gasteiger partial charge in [-0.25, -0.2) is 34.1 Å². The first-order valence-electron chi connectivity index (χ1n) is 14.0.